The summed E-state index contributed by atoms with van der Waals surface area (Å²) in [6.45, 7) is 1.84. The zero-order chi connectivity index (χ0) is 15.9. The van der Waals surface area contributed by atoms with Crippen molar-refractivity contribution < 1.29 is 9.53 Å². The minimum absolute atomic E-state index is 0.171. The van der Waals surface area contributed by atoms with Gasteiger partial charge in [0.1, 0.15) is 5.75 Å². The number of carbonyl (C=O) groups excluding carboxylic acids is 1. The number of nitrogens with one attached hydrogen (secondary N) is 1. The standard InChI is InChI=1S/C17H17ClN2O2/c1-12(14-5-9-16(22-2)10-6-14)19-20-17(21)11-13-3-7-15(18)8-4-13/h3-10H,11H2,1-2H3,(H,20,21)/b19-12-. The zero-order valence-corrected chi connectivity index (χ0v) is 13.2. The Morgan fingerprint density at radius 2 is 1.77 bits per heavy atom. The number of nitrogens with zero attached hydrogens (tertiary/aromatic N) is 1. The van der Waals surface area contributed by atoms with Crippen LogP contribution in [-0.4, -0.2) is 18.7 Å². The highest BCUT2D eigenvalue weighted by atomic mass is 35.5. The third kappa shape index (κ3) is 4.60. The maximum atomic E-state index is 11.9. The molecule has 0 radical (unpaired) electrons. The summed E-state index contributed by atoms with van der Waals surface area (Å²) in [5.41, 5.74) is 5.10. The predicted octanol–water partition coefficient (Wildman–Crippen LogP) is 3.43. The molecular formula is C17H17ClN2O2. The maximum Gasteiger partial charge on any atom is 0.244 e. The summed E-state index contributed by atoms with van der Waals surface area (Å²) in [5, 5.41) is 4.76. The Kier molecular flexibility index (Phi) is 5.55. The molecule has 0 bridgehead atoms. The van der Waals surface area contributed by atoms with Crippen molar-refractivity contribution in [3.63, 3.8) is 0 Å². The number of ether oxygens (including phenoxy) is 1. The SMILES string of the molecule is COc1ccc(/C(C)=N\NC(=O)Cc2ccc(Cl)cc2)cc1. The second-order valence-corrected chi connectivity index (χ2v) is 5.20. The summed E-state index contributed by atoms with van der Waals surface area (Å²) in [7, 11) is 1.62. The Morgan fingerprint density at radius 3 is 2.36 bits per heavy atom. The molecule has 22 heavy (non-hydrogen) atoms. The van der Waals surface area contributed by atoms with E-state index in [4.69, 9.17) is 16.3 Å². The monoisotopic (exact) mass is 316 g/mol. The lowest BCUT2D eigenvalue weighted by molar-refractivity contribution is -0.120. The average molecular weight is 317 g/mol. The third-order valence-electron chi connectivity index (χ3n) is 3.13. The van der Waals surface area contributed by atoms with Crippen LogP contribution in [0.1, 0.15) is 18.1 Å². The molecule has 114 valence electrons. The molecule has 4 nitrogen and oxygen atoms in total. The molecule has 0 aliphatic heterocycles. The molecule has 2 aromatic rings. The fraction of sp³-hybridized carbons (Fsp3) is 0.176. The van der Waals surface area contributed by atoms with E-state index in [0.29, 0.717) is 5.02 Å². The van der Waals surface area contributed by atoms with E-state index >= 15 is 0 Å². The minimum atomic E-state index is -0.171. The summed E-state index contributed by atoms with van der Waals surface area (Å²) in [5.74, 6) is 0.610. The van der Waals surface area contributed by atoms with Gasteiger partial charge in [-0.15, -0.1) is 0 Å². The van der Waals surface area contributed by atoms with Gasteiger partial charge in [-0.2, -0.15) is 5.10 Å². The van der Waals surface area contributed by atoms with Gasteiger partial charge < -0.3 is 4.74 Å². The van der Waals surface area contributed by atoms with E-state index in [1.807, 2.05) is 43.3 Å². The largest absolute Gasteiger partial charge is 0.497 e. The molecule has 5 heteroatoms. The lowest BCUT2D eigenvalue weighted by atomic mass is 10.1. The van der Waals surface area contributed by atoms with E-state index in [2.05, 4.69) is 10.5 Å². The molecule has 0 atom stereocenters. The second kappa shape index (κ2) is 7.61. The van der Waals surface area contributed by atoms with Crippen LogP contribution in [-0.2, 0) is 11.2 Å². The van der Waals surface area contributed by atoms with Gasteiger partial charge in [-0.3, -0.25) is 4.79 Å². The summed E-state index contributed by atoms with van der Waals surface area (Å²) in [6, 6.07) is 14.6. The first-order chi connectivity index (χ1) is 10.6. The molecule has 0 aliphatic rings. The van der Waals surface area contributed by atoms with E-state index in [-0.39, 0.29) is 12.3 Å². The molecule has 0 unspecified atom stereocenters. The van der Waals surface area contributed by atoms with Crippen molar-refractivity contribution in [1.29, 1.82) is 0 Å². The van der Waals surface area contributed by atoms with Crippen LogP contribution in [0.25, 0.3) is 0 Å². The Balaban J connectivity index is 1.94. The third-order valence-corrected chi connectivity index (χ3v) is 3.39. The van der Waals surface area contributed by atoms with Crippen LogP contribution in [0.2, 0.25) is 5.02 Å². The van der Waals surface area contributed by atoms with Gasteiger partial charge in [0.25, 0.3) is 0 Å². The van der Waals surface area contributed by atoms with Gasteiger partial charge >= 0.3 is 0 Å². The number of carbonyl (C=O) groups is 1. The van der Waals surface area contributed by atoms with E-state index in [9.17, 15) is 4.79 Å². The summed E-state index contributed by atoms with van der Waals surface area (Å²) in [4.78, 5) is 11.9. The number of hydrogen-bond acceptors (Lipinski definition) is 3. The Bertz CT molecular complexity index is 664. The van der Waals surface area contributed by atoms with E-state index in [0.717, 1.165) is 22.6 Å². The van der Waals surface area contributed by atoms with Gasteiger partial charge in [-0.25, -0.2) is 5.43 Å². The fourth-order valence-electron chi connectivity index (χ4n) is 1.87. The van der Waals surface area contributed by atoms with Gasteiger partial charge in [-0.05, 0) is 54.4 Å². The van der Waals surface area contributed by atoms with E-state index in [1.54, 1.807) is 19.2 Å². The molecule has 1 N–H and O–H groups in total. The number of hydrazone groups is 1. The van der Waals surface area contributed by atoms with Crippen LogP contribution in [0.15, 0.2) is 53.6 Å². The number of methoxy groups -OCH3 is 1. The van der Waals surface area contributed by atoms with Crippen molar-refractivity contribution in [2.75, 3.05) is 7.11 Å². The Labute approximate surface area is 134 Å². The summed E-state index contributed by atoms with van der Waals surface area (Å²) in [6.07, 6.45) is 0.260. The number of hydrogen-bond donors (Lipinski definition) is 1. The molecule has 0 fully saturated rings. The van der Waals surface area contributed by atoms with Crippen LogP contribution in [0.4, 0.5) is 0 Å². The van der Waals surface area contributed by atoms with Crippen molar-refractivity contribution >= 4 is 23.2 Å². The first-order valence-electron chi connectivity index (χ1n) is 6.80. The Hall–Kier alpha value is -2.33. The molecular weight excluding hydrogens is 300 g/mol. The lowest BCUT2D eigenvalue weighted by Gasteiger charge is -2.05. The molecule has 0 heterocycles. The highest BCUT2D eigenvalue weighted by Crippen LogP contribution is 2.12. The molecule has 0 saturated heterocycles. The van der Waals surface area contributed by atoms with Crippen molar-refractivity contribution in [3.05, 3.63) is 64.7 Å². The normalized spacial score (nSPS) is 11.1. The number of rotatable bonds is 5. The molecule has 1 amide bonds. The quantitative estimate of drug-likeness (QED) is 0.678. The summed E-state index contributed by atoms with van der Waals surface area (Å²) >= 11 is 5.81. The number of benzene rings is 2. The number of amides is 1. The maximum absolute atomic E-state index is 11.9. The van der Waals surface area contributed by atoms with Gasteiger partial charge in [0.05, 0.1) is 19.2 Å². The van der Waals surface area contributed by atoms with Crippen LogP contribution in [0.3, 0.4) is 0 Å². The molecule has 0 saturated carbocycles. The molecule has 0 aromatic heterocycles. The first-order valence-corrected chi connectivity index (χ1v) is 7.18. The fourth-order valence-corrected chi connectivity index (χ4v) is 2.00. The molecule has 0 spiro atoms. The van der Waals surface area contributed by atoms with Crippen molar-refractivity contribution in [2.45, 2.75) is 13.3 Å². The van der Waals surface area contributed by atoms with Crippen LogP contribution in [0, 0.1) is 0 Å². The Morgan fingerprint density at radius 1 is 1.14 bits per heavy atom. The van der Waals surface area contributed by atoms with E-state index in [1.165, 1.54) is 0 Å². The van der Waals surface area contributed by atoms with Gasteiger partial charge in [0, 0.05) is 5.02 Å². The average Bonchev–Trinajstić information content (AvgIpc) is 2.55. The van der Waals surface area contributed by atoms with Crippen molar-refractivity contribution in [1.82, 2.24) is 5.43 Å². The van der Waals surface area contributed by atoms with E-state index < -0.39 is 0 Å². The topological polar surface area (TPSA) is 50.7 Å². The van der Waals surface area contributed by atoms with Gasteiger partial charge in [0.2, 0.25) is 5.91 Å². The lowest BCUT2D eigenvalue weighted by Crippen LogP contribution is -2.21. The molecule has 0 aliphatic carbocycles. The van der Waals surface area contributed by atoms with Crippen LogP contribution in [0.5, 0.6) is 5.75 Å². The van der Waals surface area contributed by atoms with Gasteiger partial charge in [0.15, 0.2) is 0 Å². The molecule has 2 rings (SSSR count). The van der Waals surface area contributed by atoms with Crippen LogP contribution >= 0.6 is 11.6 Å². The number of halogens is 1. The second-order valence-electron chi connectivity index (χ2n) is 4.76. The zero-order valence-electron chi connectivity index (χ0n) is 12.5. The highest BCUT2D eigenvalue weighted by molar-refractivity contribution is 6.30. The van der Waals surface area contributed by atoms with Crippen molar-refractivity contribution in [3.8, 4) is 5.75 Å². The molecule has 2 aromatic carbocycles. The highest BCUT2D eigenvalue weighted by Gasteiger charge is 2.03. The predicted molar refractivity (Wildman–Crippen MR) is 88.5 cm³/mol. The smallest absolute Gasteiger partial charge is 0.244 e. The van der Waals surface area contributed by atoms with Crippen LogP contribution < -0.4 is 10.2 Å². The minimum Gasteiger partial charge on any atom is -0.497 e. The van der Waals surface area contributed by atoms with Gasteiger partial charge in [-0.1, -0.05) is 23.7 Å². The first kappa shape index (κ1) is 16.0. The summed E-state index contributed by atoms with van der Waals surface area (Å²) < 4.78 is 5.10. The van der Waals surface area contributed by atoms with Crippen molar-refractivity contribution in [2.24, 2.45) is 5.10 Å².